The summed E-state index contributed by atoms with van der Waals surface area (Å²) in [5, 5.41) is 4.40. The summed E-state index contributed by atoms with van der Waals surface area (Å²) in [6.07, 6.45) is 3.38. The van der Waals surface area contributed by atoms with E-state index in [0.717, 1.165) is 50.1 Å². The van der Waals surface area contributed by atoms with Crippen molar-refractivity contribution in [3.8, 4) is 0 Å². The number of nitrogens with one attached hydrogen (secondary N) is 2. The lowest BCUT2D eigenvalue weighted by molar-refractivity contribution is 0.0952. The molecule has 0 bridgehead atoms. The molecule has 1 saturated heterocycles. The van der Waals surface area contributed by atoms with Gasteiger partial charge in [0.2, 0.25) is 0 Å². The van der Waals surface area contributed by atoms with Gasteiger partial charge in [-0.15, -0.1) is 0 Å². The van der Waals surface area contributed by atoms with Crippen LogP contribution in [0.2, 0.25) is 0 Å². The van der Waals surface area contributed by atoms with Crippen molar-refractivity contribution in [1.82, 2.24) is 15.2 Å². The highest BCUT2D eigenvalue weighted by Crippen LogP contribution is 2.33. The number of H-pyrrole nitrogens is 1. The van der Waals surface area contributed by atoms with Crippen LogP contribution in [0.15, 0.2) is 42.5 Å². The zero-order chi connectivity index (χ0) is 21.4. The molecule has 1 atom stereocenters. The highest BCUT2D eigenvalue weighted by Gasteiger charge is 2.22. The Labute approximate surface area is 184 Å². The van der Waals surface area contributed by atoms with Crippen molar-refractivity contribution in [3.63, 3.8) is 0 Å². The number of rotatable bonds is 4. The zero-order valence-electron chi connectivity index (χ0n) is 18.6. The van der Waals surface area contributed by atoms with E-state index in [-0.39, 0.29) is 5.91 Å². The van der Waals surface area contributed by atoms with Gasteiger partial charge < -0.3 is 20.1 Å². The van der Waals surface area contributed by atoms with E-state index < -0.39 is 0 Å². The van der Waals surface area contributed by atoms with Gasteiger partial charge in [-0.3, -0.25) is 4.79 Å². The number of carbonyl (C=O) groups excluding carboxylic acids is 1. The van der Waals surface area contributed by atoms with Gasteiger partial charge in [0.05, 0.1) is 11.1 Å². The summed E-state index contributed by atoms with van der Waals surface area (Å²) in [5.41, 5.74) is 6.87. The van der Waals surface area contributed by atoms with Crippen molar-refractivity contribution in [2.45, 2.75) is 32.7 Å². The summed E-state index contributed by atoms with van der Waals surface area (Å²) in [6, 6.07) is 14.6. The molecule has 1 fully saturated rings. The third-order valence-electron chi connectivity index (χ3n) is 6.99. The number of benzene rings is 2. The molecule has 2 heterocycles. The predicted octanol–water partition coefficient (Wildman–Crippen LogP) is 3.97. The first kappa shape index (κ1) is 20.1. The zero-order valence-corrected chi connectivity index (χ0v) is 18.6. The molecule has 0 spiro atoms. The van der Waals surface area contributed by atoms with Crippen LogP contribution in [-0.2, 0) is 19.4 Å². The maximum absolute atomic E-state index is 13.2. The Morgan fingerprint density at radius 3 is 2.74 bits per heavy atom. The van der Waals surface area contributed by atoms with Gasteiger partial charge >= 0.3 is 0 Å². The topological polar surface area (TPSA) is 51.4 Å². The highest BCUT2D eigenvalue weighted by atomic mass is 16.1. The average molecular weight is 417 g/mol. The third-order valence-corrected chi connectivity index (χ3v) is 6.99. The molecule has 1 aromatic heterocycles. The molecule has 5 rings (SSSR count). The van der Waals surface area contributed by atoms with Crippen molar-refractivity contribution >= 4 is 22.5 Å². The number of hydrogen-bond donors (Lipinski definition) is 2. The number of piperazine rings is 1. The van der Waals surface area contributed by atoms with Gasteiger partial charge in [0.15, 0.2) is 0 Å². The Balaban J connectivity index is 1.36. The van der Waals surface area contributed by atoms with Gasteiger partial charge in [-0.05, 0) is 55.5 Å². The fourth-order valence-electron chi connectivity index (χ4n) is 5.09. The molecular weight excluding hydrogens is 384 g/mol. The number of amides is 1. The van der Waals surface area contributed by atoms with Crippen LogP contribution >= 0.6 is 0 Å². The Morgan fingerprint density at radius 1 is 1.10 bits per heavy atom. The van der Waals surface area contributed by atoms with Crippen LogP contribution in [0.1, 0.15) is 40.5 Å². The lowest BCUT2D eigenvalue weighted by atomic mass is 9.87. The maximum atomic E-state index is 13.2. The second kappa shape index (κ2) is 8.39. The third kappa shape index (κ3) is 3.94. The van der Waals surface area contributed by atoms with E-state index in [2.05, 4.69) is 64.4 Å². The molecule has 162 valence electrons. The van der Waals surface area contributed by atoms with Gasteiger partial charge in [-0.1, -0.05) is 37.3 Å². The number of hydrogen-bond acceptors (Lipinski definition) is 3. The largest absolute Gasteiger partial charge is 0.369 e. The smallest absolute Gasteiger partial charge is 0.253 e. The Morgan fingerprint density at radius 2 is 1.90 bits per heavy atom. The van der Waals surface area contributed by atoms with Gasteiger partial charge in [0.25, 0.3) is 5.91 Å². The first-order chi connectivity index (χ1) is 15.1. The number of aromatic nitrogens is 1. The minimum Gasteiger partial charge on any atom is -0.369 e. The molecule has 0 radical (unpaired) electrons. The van der Waals surface area contributed by atoms with Crippen molar-refractivity contribution in [2.24, 2.45) is 5.92 Å². The fourth-order valence-corrected chi connectivity index (χ4v) is 5.09. The number of para-hydroxylation sites is 2. The van der Waals surface area contributed by atoms with Crippen LogP contribution in [0, 0.1) is 5.92 Å². The molecule has 31 heavy (non-hydrogen) atoms. The molecule has 1 amide bonds. The summed E-state index contributed by atoms with van der Waals surface area (Å²) in [7, 11) is 2.17. The molecule has 1 aliphatic carbocycles. The first-order valence-corrected chi connectivity index (χ1v) is 11.5. The number of aromatic amines is 1. The second-order valence-electron chi connectivity index (χ2n) is 9.26. The molecule has 2 aliphatic rings. The molecule has 3 aromatic rings. The Hall–Kier alpha value is -2.79. The Kier molecular flexibility index (Phi) is 5.45. The molecule has 2 N–H and O–H groups in total. The number of carbonyl (C=O) groups is 1. The quantitative estimate of drug-likeness (QED) is 0.677. The van der Waals surface area contributed by atoms with Crippen molar-refractivity contribution in [2.75, 3.05) is 38.1 Å². The standard InChI is InChI=1S/C26H32N4O/c1-18-10-11-23-22(16-18)20-7-5-8-21(25(20)28-23)26(31)27-17-19-6-3-4-9-24(19)30-14-12-29(2)13-15-30/h3-9,18,28H,10-17H2,1-2H3,(H,27,31). The van der Waals surface area contributed by atoms with E-state index in [9.17, 15) is 4.79 Å². The summed E-state index contributed by atoms with van der Waals surface area (Å²) < 4.78 is 0. The molecular formula is C26H32N4O. The number of anilines is 1. The molecule has 5 heteroatoms. The van der Waals surface area contributed by atoms with Crippen molar-refractivity contribution < 1.29 is 4.79 Å². The molecule has 0 saturated carbocycles. The van der Waals surface area contributed by atoms with E-state index in [1.54, 1.807) is 0 Å². The van der Waals surface area contributed by atoms with Gasteiger partial charge in [0.1, 0.15) is 0 Å². The molecule has 2 aromatic carbocycles. The van der Waals surface area contributed by atoms with E-state index in [1.165, 1.54) is 34.3 Å². The summed E-state index contributed by atoms with van der Waals surface area (Å²) in [4.78, 5) is 21.6. The van der Waals surface area contributed by atoms with Crippen LogP contribution in [0.5, 0.6) is 0 Å². The Bertz CT molecular complexity index is 1090. The van der Waals surface area contributed by atoms with E-state index in [4.69, 9.17) is 0 Å². The van der Waals surface area contributed by atoms with Crippen LogP contribution in [0.4, 0.5) is 5.69 Å². The fraction of sp³-hybridized carbons (Fsp3) is 0.423. The first-order valence-electron chi connectivity index (χ1n) is 11.5. The summed E-state index contributed by atoms with van der Waals surface area (Å²) in [5.74, 6) is 0.695. The molecule has 1 aliphatic heterocycles. The normalized spacial score (nSPS) is 19.4. The number of nitrogens with zero attached hydrogens (tertiary/aromatic N) is 2. The molecule has 5 nitrogen and oxygen atoms in total. The van der Waals surface area contributed by atoms with E-state index in [1.807, 2.05) is 12.1 Å². The SMILES string of the molecule is CC1CCc2[nH]c3c(C(=O)NCc4ccccc4N4CCN(C)CC4)cccc3c2C1. The van der Waals surface area contributed by atoms with Crippen LogP contribution in [-0.4, -0.2) is 49.0 Å². The van der Waals surface area contributed by atoms with E-state index >= 15 is 0 Å². The summed E-state index contributed by atoms with van der Waals surface area (Å²) in [6.45, 7) is 7.03. The molecule has 1 unspecified atom stereocenters. The van der Waals surface area contributed by atoms with Crippen LogP contribution in [0.3, 0.4) is 0 Å². The van der Waals surface area contributed by atoms with Crippen LogP contribution in [0.25, 0.3) is 10.9 Å². The number of aryl methyl sites for hydroxylation is 1. The summed E-state index contributed by atoms with van der Waals surface area (Å²) >= 11 is 0. The predicted molar refractivity (Wildman–Crippen MR) is 127 cm³/mol. The lowest BCUT2D eigenvalue weighted by Crippen LogP contribution is -2.45. The number of fused-ring (bicyclic) bond motifs is 3. The van der Waals surface area contributed by atoms with E-state index in [0.29, 0.717) is 12.5 Å². The van der Waals surface area contributed by atoms with Crippen molar-refractivity contribution in [3.05, 3.63) is 64.8 Å². The van der Waals surface area contributed by atoms with Crippen molar-refractivity contribution in [1.29, 1.82) is 0 Å². The lowest BCUT2D eigenvalue weighted by Gasteiger charge is -2.35. The highest BCUT2D eigenvalue weighted by molar-refractivity contribution is 6.06. The van der Waals surface area contributed by atoms with Gasteiger partial charge in [-0.25, -0.2) is 0 Å². The van der Waals surface area contributed by atoms with Gasteiger partial charge in [-0.2, -0.15) is 0 Å². The minimum absolute atomic E-state index is 0.00886. The monoisotopic (exact) mass is 416 g/mol. The average Bonchev–Trinajstić information content (AvgIpc) is 3.16. The van der Waals surface area contributed by atoms with Crippen LogP contribution < -0.4 is 10.2 Å². The van der Waals surface area contributed by atoms with Gasteiger partial charge in [0, 0.05) is 49.5 Å². The number of likely N-dealkylation sites (N-methyl/N-ethyl adjacent to an activating group) is 1. The minimum atomic E-state index is -0.00886. The maximum Gasteiger partial charge on any atom is 0.253 e. The second-order valence-corrected chi connectivity index (χ2v) is 9.26.